The molecule has 4 aromatic carbocycles. The van der Waals surface area contributed by atoms with Crippen LogP contribution in [0.4, 0.5) is 0 Å². The molecule has 0 spiro atoms. The fourth-order valence-corrected chi connectivity index (χ4v) is 6.67. The molecule has 242 valence electrons. The molecule has 4 N–H and O–H groups in total. The summed E-state index contributed by atoms with van der Waals surface area (Å²) >= 11 is 2.11. The summed E-state index contributed by atoms with van der Waals surface area (Å²) in [5, 5.41) is 38.8. The summed E-state index contributed by atoms with van der Waals surface area (Å²) in [5.74, 6) is -0.714. The third-order valence-corrected chi connectivity index (χ3v) is 9.86. The van der Waals surface area contributed by atoms with Crippen molar-refractivity contribution in [2.45, 2.75) is 35.5 Å². The summed E-state index contributed by atoms with van der Waals surface area (Å²) in [6, 6.07) is 34.4. The highest BCUT2D eigenvalue weighted by atomic mass is 32.2. The smallest absolute Gasteiger partial charge is 0.316 e. The Bertz CT molecular complexity index is 1400. The zero-order valence-electron chi connectivity index (χ0n) is 25.2. The molecule has 46 heavy (non-hydrogen) atoms. The van der Waals surface area contributed by atoms with E-state index in [1.807, 2.05) is 109 Å². The van der Waals surface area contributed by atoms with Crippen LogP contribution in [0.3, 0.4) is 0 Å². The molecule has 0 saturated heterocycles. The lowest BCUT2D eigenvalue weighted by atomic mass is 10.1. The second kappa shape index (κ2) is 18.3. The van der Waals surface area contributed by atoms with Crippen LogP contribution in [-0.2, 0) is 9.59 Å². The highest BCUT2D eigenvalue weighted by Gasteiger charge is 2.26. The van der Waals surface area contributed by atoms with E-state index in [9.17, 15) is 30.0 Å². The van der Waals surface area contributed by atoms with Crippen molar-refractivity contribution in [2.75, 3.05) is 24.7 Å². The summed E-state index contributed by atoms with van der Waals surface area (Å²) < 4.78 is 11.8. The first-order valence-corrected chi connectivity index (χ1v) is 17.0. The lowest BCUT2D eigenvalue weighted by Crippen LogP contribution is -2.27. The minimum absolute atomic E-state index is 0.0213. The van der Waals surface area contributed by atoms with E-state index in [2.05, 4.69) is 0 Å². The molecule has 4 aromatic rings. The molecule has 0 aliphatic heterocycles. The Morgan fingerprint density at radius 3 is 1.26 bits per heavy atom. The molecule has 0 saturated carbocycles. The van der Waals surface area contributed by atoms with Crippen LogP contribution in [0.1, 0.15) is 12.8 Å². The van der Waals surface area contributed by atoms with Gasteiger partial charge in [-0.2, -0.15) is 0 Å². The molecule has 0 bridgehead atoms. The maximum atomic E-state index is 11.9. The molecule has 0 aliphatic rings. The Labute approximate surface area is 277 Å². The van der Waals surface area contributed by atoms with Gasteiger partial charge in [0.1, 0.15) is 35.2 Å². The average Bonchev–Trinajstić information content (AvgIpc) is 3.08. The summed E-state index contributed by atoms with van der Waals surface area (Å²) in [4.78, 5) is 23.9. The third-order valence-electron chi connectivity index (χ3n) is 7.03. The minimum atomic E-state index is -1.08. The van der Waals surface area contributed by atoms with Gasteiger partial charge in [0.15, 0.2) is 0 Å². The number of ether oxygens (including phenoxy) is 2. The van der Waals surface area contributed by atoms with Gasteiger partial charge in [-0.3, -0.25) is 9.59 Å². The lowest BCUT2D eigenvalue weighted by Gasteiger charge is -2.19. The van der Waals surface area contributed by atoms with Crippen molar-refractivity contribution < 1.29 is 39.5 Å². The molecular formula is C36H38O8S2. The Balaban J connectivity index is 1.22. The molecule has 4 rings (SSSR count). The number of benzene rings is 4. The zero-order chi connectivity index (χ0) is 32.7. The number of rotatable bonds is 19. The van der Waals surface area contributed by atoms with E-state index in [4.69, 9.17) is 9.47 Å². The van der Waals surface area contributed by atoms with Crippen LogP contribution in [0.25, 0.3) is 22.3 Å². The van der Waals surface area contributed by atoms with Crippen LogP contribution in [0.5, 0.6) is 11.5 Å². The molecule has 0 aliphatic carbocycles. The molecule has 0 amide bonds. The van der Waals surface area contributed by atoms with Gasteiger partial charge in [0, 0.05) is 22.6 Å². The number of carbonyl (C=O) groups is 2. The number of hydrogen-bond donors (Lipinski definition) is 4. The van der Waals surface area contributed by atoms with Crippen molar-refractivity contribution in [3.63, 3.8) is 0 Å². The number of aliphatic carboxylic acids is 2. The Morgan fingerprint density at radius 1 is 0.543 bits per heavy atom. The fourth-order valence-electron chi connectivity index (χ4n) is 4.68. The first-order chi connectivity index (χ1) is 22.3. The second-order valence-electron chi connectivity index (χ2n) is 10.6. The summed E-state index contributed by atoms with van der Waals surface area (Å²) in [7, 11) is 0. The summed E-state index contributed by atoms with van der Waals surface area (Å²) in [6.07, 6.45) is -1.68. The van der Waals surface area contributed by atoms with E-state index in [1.165, 1.54) is 0 Å². The van der Waals surface area contributed by atoms with Crippen molar-refractivity contribution >= 4 is 35.5 Å². The molecule has 0 aromatic heterocycles. The SMILES string of the molecule is O=C(O)C(CCC(SCC(O)COc1ccccc1-c1ccccc1)C(=O)O)SCC(O)COc1ccccc1-c1ccccc1. The van der Waals surface area contributed by atoms with Crippen molar-refractivity contribution in [2.24, 2.45) is 0 Å². The number of hydrogen-bond acceptors (Lipinski definition) is 8. The first kappa shape index (κ1) is 34.9. The van der Waals surface area contributed by atoms with Crippen LogP contribution in [0.2, 0.25) is 0 Å². The Kier molecular flexibility index (Phi) is 13.8. The van der Waals surface area contributed by atoms with E-state index < -0.39 is 34.6 Å². The average molecular weight is 663 g/mol. The fraction of sp³-hybridized carbons (Fsp3) is 0.278. The first-order valence-electron chi connectivity index (χ1n) is 14.9. The van der Waals surface area contributed by atoms with Crippen molar-refractivity contribution in [3.05, 3.63) is 109 Å². The van der Waals surface area contributed by atoms with Gasteiger partial charge in [-0.05, 0) is 36.1 Å². The van der Waals surface area contributed by atoms with Gasteiger partial charge >= 0.3 is 11.9 Å². The van der Waals surface area contributed by atoms with Crippen molar-refractivity contribution in [1.29, 1.82) is 0 Å². The van der Waals surface area contributed by atoms with E-state index in [-0.39, 0.29) is 37.6 Å². The predicted octanol–water partition coefficient (Wildman–Crippen LogP) is 6.35. The summed E-state index contributed by atoms with van der Waals surface area (Å²) in [6.45, 7) is -0.0425. The van der Waals surface area contributed by atoms with Crippen LogP contribution in [0.15, 0.2) is 109 Å². The van der Waals surface area contributed by atoms with Crippen LogP contribution in [0, 0.1) is 0 Å². The number of carboxylic acid groups (broad SMARTS) is 2. The van der Waals surface area contributed by atoms with Gasteiger partial charge in [-0.1, -0.05) is 97.1 Å². The Hall–Kier alpha value is -3.96. The quantitative estimate of drug-likeness (QED) is 0.0900. The summed E-state index contributed by atoms with van der Waals surface area (Å²) in [5.41, 5.74) is 3.73. The number of aliphatic hydroxyl groups is 2. The van der Waals surface area contributed by atoms with Crippen LogP contribution in [-0.4, -0.2) is 79.8 Å². The number of aliphatic hydroxyl groups excluding tert-OH is 2. The molecule has 0 heterocycles. The third kappa shape index (κ3) is 10.8. The lowest BCUT2D eigenvalue weighted by molar-refractivity contribution is -0.138. The maximum absolute atomic E-state index is 11.9. The van der Waals surface area contributed by atoms with Crippen LogP contribution < -0.4 is 9.47 Å². The van der Waals surface area contributed by atoms with E-state index in [1.54, 1.807) is 0 Å². The van der Waals surface area contributed by atoms with E-state index in [0.717, 1.165) is 45.8 Å². The van der Waals surface area contributed by atoms with Gasteiger partial charge < -0.3 is 29.9 Å². The molecule has 0 fully saturated rings. The zero-order valence-corrected chi connectivity index (χ0v) is 26.8. The molecule has 10 heteroatoms. The van der Waals surface area contributed by atoms with Crippen molar-refractivity contribution in [1.82, 2.24) is 0 Å². The van der Waals surface area contributed by atoms with E-state index >= 15 is 0 Å². The topological polar surface area (TPSA) is 134 Å². The normalized spacial score (nSPS) is 13.7. The number of carboxylic acids is 2. The second-order valence-corrected chi connectivity index (χ2v) is 13.0. The highest BCUT2D eigenvalue weighted by Crippen LogP contribution is 2.31. The maximum Gasteiger partial charge on any atom is 0.316 e. The number of thioether (sulfide) groups is 2. The van der Waals surface area contributed by atoms with Crippen LogP contribution >= 0.6 is 23.5 Å². The molecule has 4 atom stereocenters. The monoisotopic (exact) mass is 662 g/mol. The molecule has 4 unspecified atom stereocenters. The largest absolute Gasteiger partial charge is 0.490 e. The molecular weight excluding hydrogens is 625 g/mol. The van der Waals surface area contributed by atoms with Gasteiger partial charge in [-0.25, -0.2) is 0 Å². The molecule has 0 radical (unpaired) electrons. The van der Waals surface area contributed by atoms with Gasteiger partial charge in [-0.15, -0.1) is 23.5 Å². The highest BCUT2D eigenvalue weighted by molar-refractivity contribution is 8.01. The minimum Gasteiger partial charge on any atom is -0.490 e. The standard InChI is InChI=1S/C36H38O8S2/c37-27(21-43-31-17-9-7-15-29(31)25-11-3-1-4-12-25)23-45-33(35(39)40)19-20-34(36(41)42)46-24-28(38)22-44-32-18-10-8-16-30(32)26-13-5-2-6-14-26/h1-18,27-28,33-34,37-38H,19-24H2,(H,39,40)(H,41,42). The van der Waals surface area contributed by atoms with Gasteiger partial charge in [0.2, 0.25) is 0 Å². The van der Waals surface area contributed by atoms with Gasteiger partial charge in [0.05, 0.1) is 12.2 Å². The van der Waals surface area contributed by atoms with Crippen molar-refractivity contribution in [3.8, 4) is 33.8 Å². The molecule has 8 nitrogen and oxygen atoms in total. The van der Waals surface area contributed by atoms with Gasteiger partial charge in [0.25, 0.3) is 0 Å². The van der Waals surface area contributed by atoms with E-state index in [0.29, 0.717) is 11.5 Å². The predicted molar refractivity (Wildman–Crippen MR) is 184 cm³/mol. The number of para-hydroxylation sites is 2. The Morgan fingerprint density at radius 2 is 0.891 bits per heavy atom.